The number of hydrogen-bond donors (Lipinski definition) is 2. The molecule has 0 amide bonds. The Bertz CT molecular complexity index is 1460. The minimum Gasteiger partial charge on any atom is -0.506 e. The van der Waals surface area contributed by atoms with Crippen molar-refractivity contribution in [1.29, 1.82) is 0 Å². The van der Waals surface area contributed by atoms with E-state index >= 15 is 0 Å². The quantitative estimate of drug-likeness (QED) is 0.385. The van der Waals surface area contributed by atoms with Crippen molar-refractivity contribution in [2.45, 2.75) is 31.1 Å². The van der Waals surface area contributed by atoms with Crippen LogP contribution in [0.5, 0.6) is 5.75 Å². The fourth-order valence-electron chi connectivity index (χ4n) is 4.39. The maximum Gasteiger partial charge on any atom is 0.243 e. The van der Waals surface area contributed by atoms with Crippen LogP contribution in [0.4, 0.5) is 11.5 Å². The number of piperidine rings is 1. The number of sulfonamides is 1. The lowest BCUT2D eigenvalue weighted by atomic mass is 10.0. The van der Waals surface area contributed by atoms with Crippen LogP contribution < -0.4 is 5.32 Å². The van der Waals surface area contributed by atoms with E-state index in [-0.39, 0.29) is 5.75 Å². The molecule has 7 nitrogen and oxygen atoms in total. The Kier molecular flexibility index (Phi) is 5.93. The van der Waals surface area contributed by atoms with Crippen molar-refractivity contribution in [2.24, 2.45) is 0 Å². The second-order valence-electron chi connectivity index (χ2n) is 8.53. The van der Waals surface area contributed by atoms with Crippen molar-refractivity contribution in [3.8, 4) is 17.0 Å². The van der Waals surface area contributed by atoms with Gasteiger partial charge in [-0.15, -0.1) is 10.2 Å². The topological polar surface area (TPSA) is 95.4 Å². The number of rotatable bonds is 5. The van der Waals surface area contributed by atoms with Gasteiger partial charge in [-0.3, -0.25) is 0 Å². The van der Waals surface area contributed by atoms with E-state index in [4.69, 9.17) is 0 Å². The molecular weight excluding hydrogens is 448 g/mol. The highest BCUT2D eigenvalue weighted by atomic mass is 32.2. The Hall–Kier alpha value is -3.49. The second-order valence-corrected chi connectivity index (χ2v) is 10.4. The Morgan fingerprint density at radius 2 is 1.59 bits per heavy atom. The summed E-state index contributed by atoms with van der Waals surface area (Å²) in [7, 11) is -3.59. The number of nitrogens with one attached hydrogen (secondary N) is 1. The van der Waals surface area contributed by atoms with Gasteiger partial charge < -0.3 is 10.4 Å². The maximum atomic E-state index is 13.4. The van der Waals surface area contributed by atoms with Crippen LogP contribution in [0.2, 0.25) is 0 Å². The number of fused-ring (bicyclic) bond motifs is 1. The summed E-state index contributed by atoms with van der Waals surface area (Å²) in [6.45, 7) is 2.94. The normalized spacial score (nSPS) is 14.9. The maximum absolute atomic E-state index is 13.4. The van der Waals surface area contributed by atoms with Gasteiger partial charge in [-0.1, -0.05) is 55.0 Å². The standard InChI is InChI=1S/C26H26N4O3S/c1-18-13-14-19(17-24(18)34(32,33)30-15-7-2-8-16-30)25-20-9-3-4-10-21(20)26(29-28-25)27-22-11-5-6-12-23(22)31/h3-6,9-14,17,31H,2,7-8,15-16H2,1H3,(H,27,29). The summed E-state index contributed by atoms with van der Waals surface area (Å²) in [6.07, 6.45) is 2.84. The molecule has 1 fully saturated rings. The first-order valence-electron chi connectivity index (χ1n) is 11.4. The van der Waals surface area contributed by atoms with E-state index < -0.39 is 10.0 Å². The molecule has 174 valence electrons. The summed E-state index contributed by atoms with van der Waals surface area (Å²) >= 11 is 0. The molecule has 0 atom stereocenters. The fraction of sp³-hybridized carbons (Fsp3) is 0.231. The molecule has 1 aromatic heterocycles. The third-order valence-electron chi connectivity index (χ3n) is 6.24. The van der Waals surface area contributed by atoms with E-state index in [1.54, 1.807) is 28.6 Å². The van der Waals surface area contributed by atoms with Crippen molar-refractivity contribution in [3.05, 3.63) is 72.3 Å². The molecule has 0 radical (unpaired) electrons. The first kappa shape index (κ1) is 22.3. The molecule has 2 heterocycles. The number of aryl methyl sites for hydroxylation is 1. The van der Waals surface area contributed by atoms with Crippen molar-refractivity contribution in [2.75, 3.05) is 18.4 Å². The molecule has 0 spiro atoms. The number of anilines is 2. The average Bonchev–Trinajstić information content (AvgIpc) is 2.86. The molecule has 1 aliphatic heterocycles. The minimum atomic E-state index is -3.59. The number of aromatic nitrogens is 2. The van der Waals surface area contributed by atoms with E-state index in [0.717, 1.165) is 30.0 Å². The molecule has 3 aromatic carbocycles. The highest BCUT2D eigenvalue weighted by Crippen LogP contribution is 2.35. The minimum absolute atomic E-state index is 0.114. The fourth-order valence-corrected chi connectivity index (χ4v) is 6.15. The lowest BCUT2D eigenvalue weighted by molar-refractivity contribution is 0.346. The molecular formula is C26H26N4O3S. The zero-order valence-electron chi connectivity index (χ0n) is 18.9. The predicted molar refractivity (Wildman–Crippen MR) is 134 cm³/mol. The van der Waals surface area contributed by atoms with E-state index in [1.807, 2.05) is 49.4 Å². The number of para-hydroxylation sites is 2. The molecule has 0 saturated carbocycles. The van der Waals surface area contributed by atoms with Gasteiger partial charge in [-0.2, -0.15) is 4.31 Å². The van der Waals surface area contributed by atoms with E-state index in [1.165, 1.54) is 0 Å². The molecule has 34 heavy (non-hydrogen) atoms. The van der Waals surface area contributed by atoms with E-state index in [9.17, 15) is 13.5 Å². The summed E-state index contributed by atoms with van der Waals surface area (Å²) < 4.78 is 28.4. The molecule has 5 rings (SSSR count). The summed E-state index contributed by atoms with van der Waals surface area (Å²) in [5.74, 6) is 0.623. The van der Waals surface area contributed by atoms with Gasteiger partial charge in [0.25, 0.3) is 0 Å². The monoisotopic (exact) mass is 474 g/mol. The summed E-state index contributed by atoms with van der Waals surface area (Å²) in [5.41, 5.74) is 2.54. The number of phenols is 1. The first-order chi connectivity index (χ1) is 16.4. The summed E-state index contributed by atoms with van der Waals surface area (Å²) in [5, 5.41) is 23.8. The molecule has 1 saturated heterocycles. The summed E-state index contributed by atoms with van der Waals surface area (Å²) in [4.78, 5) is 0.314. The average molecular weight is 475 g/mol. The smallest absolute Gasteiger partial charge is 0.243 e. The van der Waals surface area contributed by atoms with Gasteiger partial charge in [0.15, 0.2) is 5.82 Å². The van der Waals surface area contributed by atoms with Gasteiger partial charge in [0, 0.05) is 29.4 Å². The Morgan fingerprint density at radius 3 is 2.35 bits per heavy atom. The van der Waals surface area contributed by atoms with Gasteiger partial charge in [0.05, 0.1) is 10.6 Å². The van der Waals surface area contributed by atoms with E-state index in [0.29, 0.717) is 46.3 Å². The van der Waals surface area contributed by atoms with Crippen LogP contribution >= 0.6 is 0 Å². The molecule has 2 N–H and O–H groups in total. The lowest BCUT2D eigenvalue weighted by Crippen LogP contribution is -2.35. The highest BCUT2D eigenvalue weighted by Gasteiger charge is 2.28. The molecule has 1 aliphatic rings. The number of hydrogen-bond acceptors (Lipinski definition) is 6. The molecule has 0 unspecified atom stereocenters. The van der Waals surface area contributed by atoms with Gasteiger partial charge in [0.2, 0.25) is 10.0 Å². The number of aromatic hydroxyl groups is 1. The van der Waals surface area contributed by atoms with Gasteiger partial charge >= 0.3 is 0 Å². The number of benzene rings is 3. The van der Waals surface area contributed by atoms with Crippen molar-refractivity contribution >= 4 is 32.3 Å². The predicted octanol–water partition coefficient (Wildman–Crippen LogP) is 5.23. The molecule has 0 aliphatic carbocycles. The van der Waals surface area contributed by atoms with Crippen LogP contribution in [0.15, 0.2) is 71.6 Å². The van der Waals surface area contributed by atoms with Crippen LogP contribution in [-0.4, -0.2) is 41.1 Å². The molecule has 0 bridgehead atoms. The Morgan fingerprint density at radius 1 is 0.882 bits per heavy atom. The van der Waals surface area contributed by atoms with Gasteiger partial charge in [-0.05, 0) is 43.5 Å². The SMILES string of the molecule is Cc1ccc(-c2nnc(Nc3ccccc3O)c3ccccc23)cc1S(=O)(=O)N1CCCCC1. The van der Waals surface area contributed by atoms with Crippen LogP contribution in [0.25, 0.3) is 22.0 Å². The number of phenolic OH excluding ortho intramolecular Hbond substituents is 1. The number of nitrogens with zero attached hydrogens (tertiary/aromatic N) is 3. The van der Waals surface area contributed by atoms with Crippen molar-refractivity contribution in [3.63, 3.8) is 0 Å². The van der Waals surface area contributed by atoms with Crippen LogP contribution in [0.3, 0.4) is 0 Å². The third kappa shape index (κ3) is 4.10. The van der Waals surface area contributed by atoms with Crippen LogP contribution in [0.1, 0.15) is 24.8 Å². The third-order valence-corrected chi connectivity index (χ3v) is 8.28. The molecule has 8 heteroatoms. The van der Waals surface area contributed by atoms with Crippen LogP contribution in [-0.2, 0) is 10.0 Å². The van der Waals surface area contributed by atoms with Crippen molar-refractivity contribution in [1.82, 2.24) is 14.5 Å². The largest absolute Gasteiger partial charge is 0.506 e. The van der Waals surface area contributed by atoms with Crippen LogP contribution in [0, 0.1) is 6.92 Å². The summed E-state index contributed by atoms with van der Waals surface area (Å²) in [6, 6.07) is 20.1. The second kappa shape index (κ2) is 9.04. The Labute approximate surface area is 199 Å². The van der Waals surface area contributed by atoms with Crippen molar-refractivity contribution < 1.29 is 13.5 Å². The first-order valence-corrected chi connectivity index (χ1v) is 12.8. The zero-order valence-corrected chi connectivity index (χ0v) is 19.7. The lowest BCUT2D eigenvalue weighted by Gasteiger charge is -2.26. The highest BCUT2D eigenvalue weighted by molar-refractivity contribution is 7.89. The van der Waals surface area contributed by atoms with Gasteiger partial charge in [-0.25, -0.2) is 8.42 Å². The molecule has 4 aromatic rings. The van der Waals surface area contributed by atoms with Gasteiger partial charge in [0.1, 0.15) is 11.4 Å². The zero-order chi connectivity index (χ0) is 23.7. The Balaban J connectivity index is 1.59. The van der Waals surface area contributed by atoms with E-state index in [2.05, 4.69) is 15.5 Å².